The quantitative estimate of drug-likeness (QED) is 0.798. The highest BCUT2D eigenvalue weighted by Crippen LogP contribution is 2.17. The van der Waals surface area contributed by atoms with Gasteiger partial charge in [-0.3, -0.25) is 4.79 Å². The summed E-state index contributed by atoms with van der Waals surface area (Å²) in [5, 5.41) is 2.58. The predicted molar refractivity (Wildman–Crippen MR) is 81.5 cm³/mol. The molecule has 1 amide bonds. The molecule has 0 aromatic heterocycles. The summed E-state index contributed by atoms with van der Waals surface area (Å²) < 4.78 is 36.5. The van der Waals surface area contributed by atoms with E-state index in [2.05, 4.69) is 5.32 Å². The highest BCUT2D eigenvalue weighted by Gasteiger charge is 2.07. The second-order valence-electron chi connectivity index (χ2n) is 4.88. The molecule has 122 valence electrons. The van der Waals surface area contributed by atoms with Crippen LogP contribution in [0.1, 0.15) is 5.56 Å². The summed E-state index contributed by atoms with van der Waals surface area (Å²) in [6.45, 7) is 2.20. The zero-order valence-corrected chi connectivity index (χ0v) is 12.6. The van der Waals surface area contributed by atoms with Crippen molar-refractivity contribution < 1.29 is 23.0 Å². The molecule has 0 spiro atoms. The standard InChI is InChI=1S/C17H17F2NO3/c1-12-3-2-4-14(9-12)22-8-7-20-17(21)11-23-16-6-5-13(18)10-15(16)19/h2-6,9-10H,7-8,11H2,1H3,(H,20,21). The lowest BCUT2D eigenvalue weighted by Crippen LogP contribution is -2.32. The van der Waals surface area contributed by atoms with Gasteiger partial charge >= 0.3 is 0 Å². The van der Waals surface area contributed by atoms with Crippen LogP contribution in [0.4, 0.5) is 8.78 Å². The van der Waals surface area contributed by atoms with Gasteiger partial charge in [-0.15, -0.1) is 0 Å². The number of carbonyl (C=O) groups excluding carboxylic acids is 1. The largest absolute Gasteiger partial charge is 0.492 e. The maximum Gasteiger partial charge on any atom is 0.258 e. The van der Waals surface area contributed by atoms with Gasteiger partial charge in [-0.25, -0.2) is 8.78 Å². The van der Waals surface area contributed by atoms with Crippen LogP contribution in [-0.2, 0) is 4.79 Å². The van der Waals surface area contributed by atoms with Gasteiger partial charge in [-0.2, -0.15) is 0 Å². The van der Waals surface area contributed by atoms with E-state index >= 15 is 0 Å². The molecule has 2 aromatic rings. The van der Waals surface area contributed by atoms with E-state index in [-0.39, 0.29) is 12.4 Å². The number of aryl methyl sites for hydroxylation is 1. The summed E-state index contributed by atoms with van der Waals surface area (Å²) >= 11 is 0. The minimum absolute atomic E-state index is 0.169. The van der Waals surface area contributed by atoms with E-state index < -0.39 is 17.5 Å². The highest BCUT2D eigenvalue weighted by molar-refractivity contribution is 5.77. The Morgan fingerprint density at radius 1 is 1.13 bits per heavy atom. The molecular formula is C17H17F2NO3. The van der Waals surface area contributed by atoms with E-state index in [0.29, 0.717) is 19.2 Å². The summed E-state index contributed by atoms with van der Waals surface area (Å²) in [4.78, 5) is 11.6. The van der Waals surface area contributed by atoms with Crippen molar-refractivity contribution in [1.82, 2.24) is 5.32 Å². The van der Waals surface area contributed by atoms with E-state index in [4.69, 9.17) is 9.47 Å². The van der Waals surface area contributed by atoms with Gasteiger partial charge in [0.1, 0.15) is 18.2 Å². The van der Waals surface area contributed by atoms with Crippen LogP contribution in [0.3, 0.4) is 0 Å². The van der Waals surface area contributed by atoms with E-state index in [9.17, 15) is 13.6 Å². The van der Waals surface area contributed by atoms with Crippen molar-refractivity contribution in [1.29, 1.82) is 0 Å². The molecule has 23 heavy (non-hydrogen) atoms. The Bertz CT molecular complexity index is 677. The number of hydrogen-bond acceptors (Lipinski definition) is 3. The zero-order chi connectivity index (χ0) is 16.7. The third-order valence-electron chi connectivity index (χ3n) is 2.94. The molecule has 0 saturated heterocycles. The average molecular weight is 321 g/mol. The summed E-state index contributed by atoms with van der Waals surface area (Å²) in [7, 11) is 0. The van der Waals surface area contributed by atoms with Crippen molar-refractivity contribution in [2.24, 2.45) is 0 Å². The van der Waals surface area contributed by atoms with Crippen LogP contribution >= 0.6 is 0 Å². The normalized spacial score (nSPS) is 10.2. The highest BCUT2D eigenvalue weighted by atomic mass is 19.1. The molecule has 0 unspecified atom stereocenters. The molecule has 4 nitrogen and oxygen atoms in total. The van der Waals surface area contributed by atoms with Crippen molar-refractivity contribution in [3.63, 3.8) is 0 Å². The van der Waals surface area contributed by atoms with Crippen LogP contribution in [0.5, 0.6) is 11.5 Å². The lowest BCUT2D eigenvalue weighted by atomic mass is 10.2. The first-order valence-corrected chi connectivity index (χ1v) is 7.08. The molecule has 0 aliphatic heterocycles. The van der Waals surface area contributed by atoms with Crippen molar-refractivity contribution in [2.45, 2.75) is 6.92 Å². The summed E-state index contributed by atoms with van der Waals surface area (Å²) in [5.41, 5.74) is 1.08. The van der Waals surface area contributed by atoms with Crippen molar-refractivity contribution >= 4 is 5.91 Å². The Labute approximate surface area is 133 Å². The third-order valence-corrected chi connectivity index (χ3v) is 2.94. The predicted octanol–water partition coefficient (Wildman–Crippen LogP) is 2.85. The van der Waals surface area contributed by atoms with Crippen LogP contribution in [0.15, 0.2) is 42.5 Å². The molecule has 2 rings (SSSR count). The van der Waals surface area contributed by atoms with Gasteiger partial charge in [-0.1, -0.05) is 12.1 Å². The molecule has 0 aliphatic carbocycles. The van der Waals surface area contributed by atoms with Gasteiger partial charge in [0.05, 0.1) is 6.54 Å². The van der Waals surface area contributed by atoms with Gasteiger partial charge in [-0.05, 0) is 36.8 Å². The van der Waals surface area contributed by atoms with Gasteiger partial charge < -0.3 is 14.8 Å². The minimum Gasteiger partial charge on any atom is -0.492 e. The minimum atomic E-state index is -0.847. The number of ether oxygens (including phenoxy) is 2. The zero-order valence-electron chi connectivity index (χ0n) is 12.6. The molecule has 0 saturated carbocycles. The molecule has 0 heterocycles. The Morgan fingerprint density at radius 2 is 1.96 bits per heavy atom. The summed E-state index contributed by atoms with van der Waals surface area (Å²) in [5.74, 6) is -1.41. The number of nitrogens with one attached hydrogen (secondary N) is 1. The molecule has 0 atom stereocenters. The van der Waals surface area contributed by atoms with Crippen LogP contribution in [-0.4, -0.2) is 25.7 Å². The molecular weight excluding hydrogens is 304 g/mol. The number of halogens is 2. The third kappa shape index (κ3) is 5.58. The summed E-state index contributed by atoms with van der Waals surface area (Å²) in [6.07, 6.45) is 0. The Hall–Kier alpha value is -2.63. The molecule has 0 aliphatic rings. The van der Waals surface area contributed by atoms with E-state index in [1.165, 1.54) is 0 Å². The van der Waals surface area contributed by atoms with Crippen LogP contribution in [0, 0.1) is 18.6 Å². The second-order valence-corrected chi connectivity index (χ2v) is 4.88. The average Bonchev–Trinajstić information content (AvgIpc) is 2.51. The lowest BCUT2D eigenvalue weighted by Gasteiger charge is -2.09. The maximum atomic E-state index is 13.3. The Kier molecular flexibility index (Phi) is 5.91. The first-order valence-electron chi connectivity index (χ1n) is 7.08. The molecule has 1 N–H and O–H groups in total. The van der Waals surface area contributed by atoms with E-state index in [1.807, 2.05) is 31.2 Å². The number of rotatable bonds is 7. The fraction of sp³-hybridized carbons (Fsp3) is 0.235. The first-order chi connectivity index (χ1) is 11.0. The number of benzene rings is 2. The monoisotopic (exact) mass is 321 g/mol. The molecule has 0 radical (unpaired) electrons. The van der Waals surface area contributed by atoms with E-state index in [0.717, 1.165) is 23.4 Å². The lowest BCUT2D eigenvalue weighted by molar-refractivity contribution is -0.123. The number of carbonyl (C=O) groups is 1. The number of hydrogen-bond donors (Lipinski definition) is 1. The van der Waals surface area contributed by atoms with Gasteiger partial charge in [0, 0.05) is 6.07 Å². The van der Waals surface area contributed by atoms with Crippen molar-refractivity contribution in [2.75, 3.05) is 19.8 Å². The van der Waals surface area contributed by atoms with Gasteiger partial charge in [0.2, 0.25) is 0 Å². The fourth-order valence-corrected chi connectivity index (χ4v) is 1.85. The smallest absolute Gasteiger partial charge is 0.258 e. The Balaban J connectivity index is 1.67. The van der Waals surface area contributed by atoms with E-state index in [1.54, 1.807) is 0 Å². The first kappa shape index (κ1) is 16.7. The Morgan fingerprint density at radius 3 is 2.70 bits per heavy atom. The molecule has 0 fully saturated rings. The summed E-state index contributed by atoms with van der Waals surface area (Å²) in [6, 6.07) is 10.5. The van der Waals surface area contributed by atoms with Crippen LogP contribution < -0.4 is 14.8 Å². The van der Waals surface area contributed by atoms with Crippen molar-refractivity contribution in [3.8, 4) is 11.5 Å². The SMILES string of the molecule is Cc1cccc(OCCNC(=O)COc2ccc(F)cc2F)c1. The topological polar surface area (TPSA) is 47.6 Å². The van der Waals surface area contributed by atoms with Gasteiger partial charge in [0.25, 0.3) is 5.91 Å². The molecule has 2 aromatic carbocycles. The van der Waals surface area contributed by atoms with Gasteiger partial charge in [0.15, 0.2) is 18.2 Å². The fourth-order valence-electron chi connectivity index (χ4n) is 1.85. The molecule has 6 heteroatoms. The van der Waals surface area contributed by atoms with Crippen molar-refractivity contribution in [3.05, 3.63) is 59.7 Å². The second kappa shape index (κ2) is 8.12. The molecule has 0 bridgehead atoms. The van der Waals surface area contributed by atoms with Crippen LogP contribution in [0.25, 0.3) is 0 Å². The van der Waals surface area contributed by atoms with Crippen LogP contribution in [0.2, 0.25) is 0 Å². The number of amides is 1. The maximum absolute atomic E-state index is 13.3.